The van der Waals surface area contributed by atoms with Gasteiger partial charge < -0.3 is 9.26 Å². The van der Waals surface area contributed by atoms with E-state index in [0.717, 1.165) is 12.0 Å². The minimum absolute atomic E-state index is 0.289. The summed E-state index contributed by atoms with van der Waals surface area (Å²) in [5, 5.41) is 4.05. The summed E-state index contributed by atoms with van der Waals surface area (Å²) < 4.78 is 10.5. The lowest BCUT2D eigenvalue weighted by Crippen LogP contribution is -1.89. The lowest BCUT2D eigenvalue weighted by atomic mass is 10.1. The molecular weight excluding hydrogens is 280 g/mol. The van der Waals surface area contributed by atoms with Gasteiger partial charge in [0.25, 0.3) is 0 Å². The molecule has 4 rings (SSSR count). The highest BCUT2D eigenvalue weighted by Crippen LogP contribution is 2.54. The predicted octanol–water partition coefficient (Wildman–Crippen LogP) is 2.81. The summed E-state index contributed by atoms with van der Waals surface area (Å²) in [5.74, 6) is 2.51. The van der Waals surface area contributed by atoms with Gasteiger partial charge in [-0.25, -0.2) is 4.98 Å². The Kier molecular flexibility index (Phi) is 3.07. The Morgan fingerprint density at radius 3 is 2.86 bits per heavy atom. The number of hydrogen-bond acceptors (Lipinski definition) is 6. The predicted molar refractivity (Wildman–Crippen MR) is 78.4 cm³/mol. The van der Waals surface area contributed by atoms with Crippen LogP contribution >= 0.6 is 0 Å². The molecule has 2 atom stereocenters. The summed E-state index contributed by atoms with van der Waals surface area (Å²) in [6.45, 7) is 0. The molecule has 0 bridgehead atoms. The van der Waals surface area contributed by atoms with E-state index in [4.69, 9.17) is 9.26 Å². The van der Waals surface area contributed by atoms with Gasteiger partial charge in [-0.1, -0.05) is 11.2 Å². The third kappa shape index (κ3) is 2.32. The lowest BCUT2D eigenvalue weighted by Gasteiger charge is -1.97. The topological polar surface area (TPSA) is 73.9 Å². The van der Waals surface area contributed by atoms with Crippen molar-refractivity contribution in [3.63, 3.8) is 0 Å². The normalized spacial score (nSPS) is 19.9. The zero-order valence-electron chi connectivity index (χ0n) is 12.0. The standard InChI is InChI=1S/C16H14N4O2/c1-21-14-5-4-11(9-18-14)15-19-16(22-20-15)13-7-12(13)10-3-2-6-17-8-10/h2-6,8-9,12-13H,7H2,1H3/t12-,13+/m1/s1. The number of aromatic nitrogens is 4. The van der Waals surface area contributed by atoms with Gasteiger partial charge in [0.15, 0.2) is 0 Å². The van der Waals surface area contributed by atoms with Gasteiger partial charge in [0.2, 0.25) is 17.6 Å². The van der Waals surface area contributed by atoms with Crippen LogP contribution in [0.1, 0.15) is 29.7 Å². The first kappa shape index (κ1) is 12.9. The molecule has 110 valence electrons. The van der Waals surface area contributed by atoms with Crippen LogP contribution in [0.3, 0.4) is 0 Å². The van der Waals surface area contributed by atoms with Gasteiger partial charge in [0, 0.05) is 36.1 Å². The van der Waals surface area contributed by atoms with Crippen LogP contribution in [-0.2, 0) is 0 Å². The largest absolute Gasteiger partial charge is 0.481 e. The maximum atomic E-state index is 5.41. The molecule has 0 spiro atoms. The molecule has 0 radical (unpaired) electrons. The van der Waals surface area contributed by atoms with E-state index in [2.05, 4.69) is 26.2 Å². The molecule has 22 heavy (non-hydrogen) atoms. The molecule has 0 saturated heterocycles. The fourth-order valence-corrected chi connectivity index (χ4v) is 2.57. The zero-order chi connectivity index (χ0) is 14.9. The molecule has 6 nitrogen and oxygen atoms in total. The molecule has 1 aliphatic rings. The van der Waals surface area contributed by atoms with E-state index in [9.17, 15) is 0 Å². The smallest absolute Gasteiger partial charge is 0.230 e. The number of nitrogens with zero attached hydrogens (tertiary/aromatic N) is 4. The van der Waals surface area contributed by atoms with Crippen LogP contribution in [0, 0.1) is 0 Å². The fraction of sp³-hybridized carbons (Fsp3) is 0.250. The van der Waals surface area contributed by atoms with Crippen molar-refractivity contribution in [1.82, 2.24) is 20.1 Å². The number of hydrogen-bond donors (Lipinski definition) is 0. The number of ether oxygens (including phenoxy) is 1. The van der Waals surface area contributed by atoms with Crippen LogP contribution in [0.4, 0.5) is 0 Å². The second kappa shape index (κ2) is 5.22. The maximum Gasteiger partial charge on any atom is 0.230 e. The summed E-state index contributed by atoms with van der Waals surface area (Å²) in [5.41, 5.74) is 2.03. The summed E-state index contributed by atoms with van der Waals surface area (Å²) in [7, 11) is 1.58. The van der Waals surface area contributed by atoms with E-state index in [0.29, 0.717) is 23.5 Å². The molecule has 0 aliphatic heterocycles. The van der Waals surface area contributed by atoms with E-state index in [1.165, 1.54) is 5.56 Å². The minimum Gasteiger partial charge on any atom is -0.481 e. The number of rotatable bonds is 4. The van der Waals surface area contributed by atoms with Gasteiger partial charge in [-0.2, -0.15) is 4.98 Å². The highest BCUT2D eigenvalue weighted by molar-refractivity contribution is 5.53. The van der Waals surface area contributed by atoms with Crippen LogP contribution in [-0.4, -0.2) is 27.2 Å². The van der Waals surface area contributed by atoms with Crippen molar-refractivity contribution in [3.8, 4) is 17.3 Å². The van der Waals surface area contributed by atoms with Gasteiger partial charge in [0.05, 0.1) is 7.11 Å². The van der Waals surface area contributed by atoms with Crippen LogP contribution in [0.2, 0.25) is 0 Å². The Morgan fingerprint density at radius 1 is 1.18 bits per heavy atom. The van der Waals surface area contributed by atoms with Crippen LogP contribution in [0.25, 0.3) is 11.4 Å². The van der Waals surface area contributed by atoms with E-state index < -0.39 is 0 Å². The zero-order valence-corrected chi connectivity index (χ0v) is 12.0. The molecule has 0 N–H and O–H groups in total. The lowest BCUT2D eigenvalue weighted by molar-refractivity contribution is 0.378. The SMILES string of the molecule is COc1ccc(-c2noc([C@H]3C[C@@H]3c3cccnc3)n2)cn1. The Morgan fingerprint density at radius 2 is 2.14 bits per heavy atom. The second-order valence-electron chi connectivity index (χ2n) is 5.28. The molecule has 6 heteroatoms. The highest BCUT2D eigenvalue weighted by Gasteiger charge is 2.43. The van der Waals surface area contributed by atoms with E-state index in [1.54, 1.807) is 25.6 Å². The van der Waals surface area contributed by atoms with E-state index in [1.807, 2.05) is 18.3 Å². The van der Waals surface area contributed by atoms with Crippen LogP contribution in [0.5, 0.6) is 5.88 Å². The van der Waals surface area contributed by atoms with Crippen molar-refractivity contribution in [2.75, 3.05) is 7.11 Å². The Labute approximate surface area is 127 Å². The van der Waals surface area contributed by atoms with Crippen molar-refractivity contribution in [1.29, 1.82) is 0 Å². The molecule has 0 unspecified atom stereocenters. The average molecular weight is 294 g/mol. The van der Waals surface area contributed by atoms with Gasteiger partial charge in [-0.05, 0) is 30.0 Å². The average Bonchev–Trinajstić information content (AvgIpc) is 3.24. The Bertz CT molecular complexity index is 770. The third-order valence-electron chi connectivity index (χ3n) is 3.87. The van der Waals surface area contributed by atoms with Crippen molar-refractivity contribution in [2.45, 2.75) is 18.3 Å². The molecule has 3 aromatic rings. The molecular formula is C16H14N4O2. The number of methoxy groups -OCH3 is 1. The molecule has 1 fully saturated rings. The van der Waals surface area contributed by atoms with E-state index >= 15 is 0 Å². The fourth-order valence-electron chi connectivity index (χ4n) is 2.57. The number of pyridine rings is 2. The van der Waals surface area contributed by atoms with Gasteiger partial charge in [-0.3, -0.25) is 4.98 Å². The molecule has 0 amide bonds. The first-order valence-electron chi connectivity index (χ1n) is 7.09. The first-order chi connectivity index (χ1) is 10.8. The van der Waals surface area contributed by atoms with Crippen molar-refractivity contribution in [2.24, 2.45) is 0 Å². The third-order valence-corrected chi connectivity index (χ3v) is 3.87. The van der Waals surface area contributed by atoms with Gasteiger partial charge in [-0.15, -0.1) is 0 Å². The quantitative estimate of drug-likeness (QED) is 0.736. The molecule has 1 saturated carbocycles. The summed E-state index contributed by atoms with van der Waals surface area (Å²) >= 11 is 0. The van der Waals surface area contributed by atoms with Crippen molar-refractivity contribution >= 4 is 0 Å². The van der Waals surface area contributed by atoms with Gasteiger partial charge in [0.1, 0.15) is 0 Å². The molecule has 0 aromatic carbocycles. The van der Waals surface area contributed by atoms with Crippen LogP contribution < -0.4 is 4.74 Å². The minimum atomic E-state index is 0.289. The van der Waals surface area contributed by atoms with E-state index in [-0.39, 0.29) is 5.92 Å². The van der Waals surface area contributed by atoms with Crippen LogP contribution in [0.15, 0.2) is 47.4 Å². The molecule has 3 aromatic heterocycles. The summed E-state index contributed by atoms with van der Waals surface area (Å²) in [4.78, 5) is 12.8. The Hall–Kier alpha value is -2.76. The molecule has 3 heterocycles. The summed E-state index contributed by atoms with van der Waals surface area (Å²) in [6, 6.07) is 7.68. The van der Waals surface area contributed by atoms with Gasteiger partial charge >= 0.3 is 0 Å². The van der Waals surface area contributed by atoms with Crippen molar-refractivity contribution in [3.05, 3.63) is 54.3 Å². The molecule has 1 aliphatic carbocycles. The van der Waals surface area contributed by atoms with Crippen molar-refractivity contribution < 1.29 is 9.26 Å². The highest BCUT2D eigenvalue weighted by atomic mass is 16.5. The first-order valence-corrected chi connectivity index (χ1v) is 7.09. The monoisotopic (exact) mass is 294 g/mol. The summed E-state index contributed by atoms with van der Waals surface area (Å²) in [6.07, 6.45) is 6.38. The second-order valence-corrected chi connectivity index (χ2v) is 5.28. The maximum absolute atomic E-state index is 5.41. The Balaban J connectivity index is 1.53.